The zero-order valence-electron chi connectivity index (χ0n) is 15.0. The number of fused-ring (bicyclic) bond motifs is 1. The predicted octanol–water partition coefficient (Wildman–Crippen LogP) is 5.14. The minimum atomic E-state index is -0.753. The van der Waals surface area contributed by atoms with E-state index in [9.17, 15) is 4.79 Å². The molecule has 1 aromatic rings. The molecule has 1 heterocycles. The molecule has 1 unspecified atom stereocenters. The van der Waals surface area contributed by atoms with E-state index in [0.717, 1.165) is 12.7 Å². The average molecular weight is 334 g/mol. The molecule has 1 aliphatic rings. The molecule has 0 aliphatic carbocycles. The van der Waals surface area contributed by atoms with Gasteiger partial charge in [0.25, 0.3) is 0 Å². The second-order valence-electron chi connectivity index (χ2n) is 6.67. The molecule has 134 valence electrons. The molecule has 0 saturated carbocycles. The number of carbonyl (C=O) groups excluding carboxylic acids is 1. The van der Waals surface area contributed by atoms with Gasteiger partial charge >= 0.3 is 0 Å². The lowest BCUT2D eigenvalue weighted by Crippen LogP contribution is -2.44. The van der Waals surface area contributed by atoms with Gasteiger partial charge in [-0.1, -0.05) is 51.9 Å². The summed E-state index contributed by atoms with van der Waals surface area (Å²) in [6.45, 7) is 5.15. The Labute approximate surface area is 145 Å². The summed E-state index contributed by atoms with van der Waals surface area (Å²) in [5.41, 5.74) is 0.584. The highest BCUT2D eigenvalue weighted by molar-refractivity contribution is 5.76. The molecule has 0 aromatic heterocycles. The Morgan fingerprint density at radius 3 is 2.50 bits per heavy atom. The van der Waals surface area contributed by atoms with Crippen molar-refractivity contribution in [3.8, 4) is 11.5 Å². The second-order valence-corrected chi connectivity index (χ2v) is 6.67. The van der Waals surface area contributed by atoms with Gasteiger partial charge in [0, 0.05) is 12.5 Å². The highest BCUT2D eigenvalue weighted by atomic mass is 16.7. The number of unbranched alkanes of at least 4 members (excludes halogenated alkanes) is 7. The van der Waals surface area contributed by atoms with Crippen LogP contribution >= 0.6 is 0 Å². The van der Waals surface area contributed by atoms with Crippen molar-refractivity contribution < 1.29 is 19.0 Å². The van der Waals surface area contributed by atoms with Crippen LogP contribution in [0.3, 0.4) is 0 Å². The summed E-state index contributed by atoms with van der Waals surface area (Å²) in [4.78, 5) is 10.8. The average Bonchev–Trinajstić information content (AvgIpc) is 2.60. The fourth-order valence-electron chi connectivity index (χ4n) is 2.86. The van der Waals surface area contributed by atoms with Crippen molar-refractivity contribution in [2.24, 2.45) is 0 Å². The van der Waals surface area contributed by atoms with Crippen LogP contribution in [-0.2, 0) is 4.74 Å². The number of ether oxygens (including phenoxy) is 3. The lowest BCUT2D eigenvalue weighted by molar-refractivity contribution is -0.200. The van der Waals surface area contributed by atoms with E-state index in [0.29, 0.717) is 30.3 Å². The van der Waals surface area contributed by atoms with Crippen LogP contribution in [0.5, 0.6) is 11.5 Å². The normalized spacial score (nSPS) is 19.2. The minimum absolute atomic E-state index is 0.333. The van der Waals surface area contributed by atoms with E-state index in [1.54, 1.807) is 18.2 Å². The Balaban J connectivity index is 1.65. The molecule has 2 rings (SSSR count). The summed E-state index contributed by atoms with van der Waals surface area (Å²) in [5.74, 6) is 0.481. The fraction of sp³-hybridized carbons (Fsp3) is 0.650. The van der Waals surface area contributed by atoms with Crippen molar-refractivity contribution in [2.75, 3.05) is 13.2 Å². The third-order valence-corrected chi connectivity index (χ3v) is 4.32. The Morgan fingerprint density at radius 1 is 1.08 bits per heavy atom. The molecule has 1 aromatic carbocycles. The molecular formula is C20H30O4. The van der Waals surface area contributed by atoms with Crippen LogP contribution in [0, 0.1) is 0 Å². The number of aldehydes is 1. The van der Waals surface area contributed by atoms with Gasteiger partial charge in [-0.3, -0.25) is 4.79 Å². The fourth-order valence-corrected chi connectivity index (χ4v) is 2.86. The molecule has 0 N–H and O–H groups in total. The third-order valence-electron chi connectivity index (χ3n) is 4.32. The van der Waals surface area contributed by atoms with Crippen molar-refractivity contribution in [1.29, 1.82) is 0 Å². The smallest absolute Gasteiger partial charge is 0.242 e. The molecule has 0 amide bonds. The highest BCUT2D eigenvalue weighted by Gasteiger charge is 2.34. The lowest BCUT2D eigenvalue weighted by atomic mass is 10.1. The topological polar surface area (TPSA) is 44.8 Å². The first-order chi connectivity index (χ1) is 11.7. The van der Waals surface area contributed by atoms with E-state index in [1.165, 1.54) is 44.9 Å². The summed E-state index contributed by atoms with van der Waals surface area (Å²) in [5, 5.41) is 0. The molecule has 0 fully saturated rings. The van der Waals surface area contributed by atoms with E-state index < -0.39 is 5.79 Å². The van der Waals surface area contributed by atoms with Gasteiger partial charge in [-0.2, -0.15) is 0 Å². The first kappa shape index (κ1) is 18.8. The number of carbonyl (C=O) groups is 1. The number of hydrogen-bond donors (Lipinski definition) is 0. The molecule has 4 nitrogen and oxygen atoms in total. The van der Waals surface area contributed by atoms with Crippen LogP contribution in [-0.4, -0.2) is 25.3 Å². The molecule has 1 atom stereocenters. The third kappa shape index (κ3) is 5.82. The quantitative estimate of drug-likeness (QED) is 0.415. The number of benzene rings is 1. The highest BCUT2D eigenvalue weighted by Crippen LogP contribution is 2.36. The Hall–Kier alpha value is -1.55. The van der Waals surface area contributed by atoms with Crippen molar-refractivity contribution in [1.82, 2.24) is 0 Å². The SMILES string of the molecule is CCCCCCCCCCOC1(C)COc2cc(C=O)ccc2O1. The van der Waals surface area contributed by atoms with Gasteiger partial charge in [0.15, 0.2) is 18.1 Å². The molecule has 24 heavy (non-hydrogen) atoms. The molecule has 0 radical (unpaired) electrons. The van der Waals surface area contributed by atoms with Gasteiger partial charge < -0.3 is 14.2 Å². The van der Waals surface area contributed by atoms with Crippen LogP contribution in [0.25, 0.3) is 0 Å². The Morgan fingerprint density at radius 2 is 1.79 bits per heavy atom. The van der Waals surface area contributed by atoms with E-state index >= 15 is 0 Å². The minimum Gasteiger partial charge on any atom is -0.483 e. The summed E-state index contributed by atoms with van der Waals surface area (Å²) < 4.78 is 17.5. The van der Waals surface area contributed by atoms with Crippen LogP contribution in [0.1, 0.15) is 75.6 Å². The monoisotopic (exact) mass is 334 g/mol. The molecule has 4 heteroatoms. The standard InChI is InChI=1S/C20H30O4/c1-3-4-5-6-7-8-9-10-13-23-20(2)16-22-19-14-17(15-21)11-12-18(19)24-20/h11-12,14-15H,3-10,13,16H2,1-2H3. The maximum absolute atomic E-state index is 10.8. The van der Waals surface area contributed by atoms with Gasteiger partial charge in [0.1, 0.15) is 6.29 Å². The largest absolute Gasteiger partial charge is 0.483 e. The van der Waals surface area contributed by atoms with E-state index in [-0.39, 0.29) is 0 Å². The van der Waals surface area contributed by atoms with Gasteiger partial charge in [0.2, 0.25) is 5.79 Å². The number of rotatable bonds is 11. The van der Waals surface area contributed by atoms with Gasteiger partial charge in [0.05, 0.1) is 6.61 Å². The van der Waals surface area contributed by atoms with Crippen LogP contribution in [0.4, 0.5) is 0 Å². The van der Waals surface area contributed by atoms with Crippen molar-refractivity contribution in [2.45, 2.75) is 71.0 Å². The summed E-state index contributed by atoms with van der Waals surface area (Å²) in [7, 11) is 0. The first-order valence-electron chi connectivity index (χ1n) is 9.22. The van der Waals surface area contributed by atoms with Gasteiger partial charge in [-0.05, 0) is 24.6 Å². The molecule has 1 aliphatic heterocycles. The van der Waals surface area contributed by atoms with Crippen LogP contribution in [0.15, 0.2) is 18.2 Å². The van der Waals surface area contributed by atoms with Gasteiger partial charge in [-0.15, -0.1) is 0 Å². The molecule has 0 saturated heterocycles. The Bertz CT molecular complexity index is 514. The maximum atomic E-state index is 10.8. The zero-order chi connectivity index (χ0) is 17.3. The number of hydrogen-bond acceptors (Lipinski definition) is 4. The van der Waals surface area contributed by atoms with E-state index in [2.05, 4.69) is 6.92 Å². The zero-order valence-corrected chi connectivity index (χ0v) is 15.0. The molecular weight excluding hydrogens is 304 g/mol. The van der Waals surface area contributed by atoms with E-state index in [1.807, 2.05) is 6.92 Å². The summed E-state index contributed by atoms with van der Waals surface area (Å²) >= 11 is 0. The summed E-state index contributed by atoms with van der Waals surface area (Å²) in [6.07, 6.45) is 11.0. The molecule has 0 spiro atoms. The Kier molecular flexibility index (Phi) is 7.57. The lowest BCUT2D eigenvalue weighted by Gasteiger charge is -2.35. The van der Waals surface area contributed by atoms with Gasteiger partial charge in [-0.25, -0.2) is 0 Å². The first-order valence-corrected chi connectivity index (χ1v) is 9.22. The summed E-state index contributed by atoms with van der Waals surface area (Å²) in [6, 6.07) is 5.18. The molecule has 0 bridgehead atoms. The maximum Gasteiger partial charge on any atom is 0.242 e. The predicted molar refractivity (Wildman–Crippen MR) is 94.9 cm³/mol. The van der Waals surface area contributed by atoms with Crippen LogP contribution < -0.4 is 9.47 Å². The second kappa shape index (κ2) is 9.67. The van der Waals surface area contributed by atoms with Crippen molar-refractivity contribution in [3.63, 3.8) is 0 Å². The van der Waals surface area contributed by atoms with Crippen LogP contribution in [0.2, 0.25) is 0 Å². The van der Waals surface area contributed by atoms with Crippen molar-refractivity contribution >= 4 is 6.29 Å². The van der Waals surface area contributed by atoms with Crippen molar-refractivity contribution in [3.05, 3.63) is 23.8 Å². The van der Waals surface area contributed by atoms with E-state index in [4.69, 9.17) is 14.2 Å².